The van der Waals surface area contributed by atoms with Crippen LogP contribution in [0.2, 0.25) is 0 Å². The maximum Gasteiger partial charge on any atom is 0.334 e. The first-order valence-corrected chi connectivity index (χ1v) is 9.27. The molecule has 150 valence electrons. The average molecular weight is 380 g/mol. The molecule has 0 saturated carbocycles. The van der Waals surface area contributed by atoms with Crippen LogP contribution < -0.4 is 0 Å². The summed E-state index contributed by atoms with van der Waals surface area (Å²) in [5.74, 6) is -2.46. The third-order valence-corrected chi connectivity index (χ3v) is 5.37. The summed E-state index contributed by atoms with van der Waals surface area (Å²) in [5, 5.41) is 20.3. The van der Waals surface area contributed by atoms with Crippen LogP contribution in [0.25, 0.3) is 0 Å². The van der Waals surface area contributed by atoms with Gasteiger partial charge in [0.1, 0.15) is 12.2 Å². The highest BCUT2D eigenvalue weighted by Crippen LogP contribution is 2.38. The van der Waals surface area contributed by atoms with Crippen molar-refractivity contribution in [2.45, 2.75) is 64.3 Å². The van der Waals surface area contributed by atoms with Crippen LogP contribution in [0.3, 0.4) is 0 Å². The predicted octanol–water partition coefficient (Wildman–Crippen LogP) is 1.46. The molecule has 0 spiro atoms. The van der Waals surface area contributed by atoms with E-state index >= 15 is 0 Å². The summed E-state index contributed by atoms with van der Waals surface area (Å²) in [6, 6.07) is 0. The quantitative estimate of drug-likeness (QED) is 0.561. The molecular formula is C20H28O7. The number of rotatable bonds is 4. The van der Waals surface area contributed by atoms with E-state index in [-0.39, 0.29) is 42.1 Å². The molecule has 0 unspecified atom stereocenters. The summed E-state index contributed by atoms with van der Waals surface area (Å²) in [6.45, 7) is 8.42. The van der Waals surface area contributed by atoms with E-state index in [1.165, 1.54) is 6.08 Å². The van der Waals surface area contributed by atoms with Crippen molar-refractivity contribution in [3.63, 3.8) is 0 Å². The highest BCUT2D eigenvalue weighted by atomic mass is 16.6. The van der Waals surface area contributed by atoms with Crippen LogP contribution in [0.4, 0.5) is 0 Å². The number of ketones is 1. The second-order valence-corrected chi connectivity index (χ2v) is 7.68. The van der Waals surface area contributed by atoms with E-state index in [2.05, 4.69) is 6.58 Å². The molecule has 0 aromatic rings. The van der Waals surface area contributed by atoms with Gasteiger partial charge in [0.2, 0.25) is 0 Å². The van der Waals surface area contributed by atoms with E-state index in [1.54, 1.807) is 13.8 Å². The monoisotopic (exact) mass is 380 g/mol. The second kappa shape index (κ2) is 8.35. The van der Waals surface area contributed by atoms with Gasteiger partial charge in [-0.05, 0) is 25.8 Å². The Hall–Kier alpha value is -1.99. The Morgan fingerprint density at radius 3 is 2.74 bits per heavy atom. The third-order valence-electron chi connectivity index (χ3n) is 5.37. The van der Waals surface area contributed by atoms with E-state index in [0.29, 0.717) is 6.42 Å². The number of carbonyl (C=O) groups excluding carboxylic acids is 3. The van der Waals surface area contributed by atoms with Gasteiger partial charge in [-0.2, -0.15) is 0 Å². The summed E-state index contributed by atoms with van der Waals surface area (Å²) in [7, 11) is 0. The van der Waals surface area contributed by atoms with E-state index in [1.807, 2.05) is 6.92 Å². The first kappa shape index (κ1) is 21.3. The standard InChI is InChI=1S/C20H28O7/c1-5-11(2)18(23)27-16-9-20(4,25)7-6-14(22)13(10-21)8-15-17(16)12(3)19(24)26-15/h8,11,15-17,21,25H,3,5-7,9-10H2,1-2,4H3/t11-,15+,16-,17+,20-/m1/s1. The normalized spacial score (nSPS) is 33.0. The van der Waals surface area contributed by atoms with Crippen LogP contribution in [0, 0.1) is 11.8 Å². The highest BCUT2D eigenvalue weighted by molar-refractivity contribution is 5.96. The van der Waals surface area contributed by atoms with Crippen LogP contribution in [0.5, 0.6) is 0 Å². The molecule has 1 saturated heterocycles. The van der Waals surface area contributed by atoms with Gasteiger partial charge in [0.05, 0.1) is 24.0 Å². The maximum absolute atomic E-state index is 12.4. The van der Waals surface area contributed by atoms with E-state index in [4.69, 9.17) is 9.47 Å². The molecule has 2 N–H and O–H groups in total. The lowest BCUT2D eigenvalue weighted by Gasteiger charge is -2.34. The number of aliphatic hydroxyl groups excluding tert-OH is 1. The molecule has 5 atom stereocenters. The number of hydrogen-bond acceptors (Lipinski definition) is 7. The van der Waals surface area contributed by atoms with Gasteiger partial charge in [-0.1, -0.05) is 20.4 Å². The zero-order valence-electron chi connectivity index (χ0n) is 16.1. The van der Waals surface area contributed by atoms with Crippen LogP contribution >= 0.6 is 0 Å². The minimum Gasteiger partial charge on any atom is -0.461 e. The summed E-state index contributed by atoms with van der Waals surface area (Å²) in [6.07, 6.45) is 0.482. The van der Waals surface area contributed by atoms with Crippen molar-refractivity contribution in [2.24, 2.45) is 11.8 Å². The summed E-state index contributed by atoms with van der Waals surface area (Å²) in [4.78, 5) is 36.8. The molecular weight excluding hydrogens is 352 g/mol. The molecule has 0 aromatic carbocycles. The van der Waals surface area contributed by atoms with Crippen LogP contribution in [0.1, 0.15) is 46.5 Å². The fourth-order valence-corrected chi connectivity index (χ4v) is 3.37. The molecule has 0 amide bonds. The van der Waals surface area contributed by atoms with E-state index in [9.17, 15) is 24.6 Å². The Morgan fingerprint density at radius 1 is 1.48 bits per heavy atom. The maximum atomic E-state index is 12.4. The fraction of sp³-hybridized carbons (Fsp3) is 0.650. The third kappa shape index (κ3) is 4.84. The number of aliphatic hydroxyl groups is 2. The average Bonchev–Trinajstić information content (AvgIpc) is 2.89. The Balaban J connectivity index is 2.46. The van der Waals surface area contributed by atoms with Gasteiger partial charge in [-0.25, -0.2) is 4.79 Å². The van der Waals surface area contributed by atoms with Crippen molar-refractivity contribution >= 4 is 17.7 Å². The highest BCUT2D eigenvalue weighted by Gasteiger charge is 2.47. The van der Waals surface area contributed by atoms with Gasteiger partial charge < -0.3 is 19.7 Å². The zero-order chi connectivity index (χ0) is 20.4. The molecule has 27 heavy (non-hydrogen) atoms. The number of carbonyl (C=O) groups is 3. The summed E-state index contributed by atoms with van der Waals surface area (Å²) < 4.78 is 11.0. The first-order chi connectivity index (χ1) is 12.6. The van der Waals surface area contributed by atoms with Crippen LogP contribution in [-0.2, 0) is 23.9 Å². The van der Waals surface area contributed by atoms with Crippen molar-refractivity contribution in [1.82, 2.24) is 0 Å². The Bertz CT molecular complexity index is 661. The Kier molecular flexibility index (Phi) is 6.59. The van der Waals surface area contributed by atoms with Gasteiger partial charge in [0.15, 0.2) is 5.78 Å². The number of esters is 2. The summed E-state index contributed by atoms with van der Waals surface area (Å²) >= 11 is 0. The van der Waals surface area contributed by atoms with Gasteiger partial charge in [0, 0.05) is 24.0 Å². The molecule has 1 fully saturated rings. The molecule has 1 heterocycles. The van der Waals surface area contributed by atoms with Crippen LogP contribution in [0.15, 0.2) is 23.8 Å². The van der Waals surface area contributed by atoms with Crippen molar-refractivity contribution in [1.29, 1.82) is 0 Å². The Morgan fingerprint density at radius 2 is 2.15 bits per heavy atom. The van der Waals surface area contributed by atoms with Crippen molar-refractivity contribution in [3.05, 3.63) is 23.8 Å². The Labute approximate surface area is 159 Å². The smallest absolute Gasteiger partial charge is 0.334 e. The number of Topliss-reactive ketones (excluding diaryl/α,β-unsaturated/α-hetero) is 1. The summed E-state index contributed by atoms with van der Waals surface area (Å²) in [5.41, 5.74) is -1.07. The van der Waals surface area contributed by atoms with E-state index < -0.39 is 42.3 Å². The number of ether oxygens (including phenoxy) is 2. The zero-order valence-corrected chi connectivity index (χ0v) is 16.1. The molecule has 7 nitrogen and oxygen atoms in total. The predicted molar refractivity (Wildman–Crippen MR) is 96.5 cm³/mol. The molecule has 2 rings (SSSR count). The number of hydrogen-bond donors (Lipinski definition) is 2. The van der Waals surface area contributed by atoms with E-state index in [0.717, 1.165) is 0 Å². The SMILES string of the molecule is C=C1C(=O)O[C@H]2C=C(CO)C(=O)CC[C@@](C)(O)C[C@@H](OC(=O)[C@H](C)CC)[C@@H]12. The van der Waals surface area contributed by atoms with Gasteiger partial charge >= 0.3 is 11.9 Å². The molecule has 2 aliphatic rings. The minimum absolute atomic E-state index is 0.0255. The second-order valence-electron chi connectivity index (χ2n) is 7.68. The molecule has 1 aliphatic carbocycles. The molecule has 7 heteroatoms. The van der Waals surface area contributed by atoms with Crippen molar-refractivity contribution < 1.29 is 34.1 Å². The van der Waals surface area contributed by atoms with Gasteiger partial charge in [-0.15, -0.1) is 0 Å². The van der Waals surface area contributed by atoms with Crippen molar-refractivity contribution in [3.8, 4) is 0 Å². The van der Waals surface area contributed by atoms with Gasteiger partial charge in [-0.3, -0.25) is 9.59 Å². The van der Waals surface area contributed by atoms with Crippen LogP contribution in [-0.4, -0.2) is 52.4 Å². The molecule has 1 aliphatic heterocycles. The largest absolute Gasteiger partial charge is 0.461 e. The first-order valence-electron chi connectivity index (χ1n) is 9.27. The molecule has 0 bridgehead atoms. The lowest BCUT2D eigenvalue weighted by atomic mass is 9.80. The van der Waals surface area contributed by atoms with Gasteiger partial charge in [0.25, 0.3) is 0 Å². The molecule has 0 aromatic heterocycles. The molecule has 0 radical (unpaired) electrons. The number of fused-ring (bicyclic) bond motifs is 1. The van der Waals surface area contributed by atoms with Crippen molar-refractivity contribution in [2.75, 3.05) is 6.61 Å². The lowest BCUT2D eigenvalue weighted by Crippen LogP contribution is -2.41. The lowest BCUT2D eigenvalue weighted by molar-refractivity contribution is -0.160. The topological polar surface area (TPSA) is 110 Å². The minimum atomic E-state index is -1.30. The fourth-order valence-electron chi connectivity index (χ4n) is 3.37.